The second-order valence-corrected chi connectivity index (χ2v) is 5.03. The first kappa shape index (κ1) is 11.6. The van der Waals surface area contributed by atoms with Gasteiger partial charge in [-0.25, -0.2) is 4.39 Å². The molecule has 0 unspecified atom stereocenters. The molecule has 0 radical (unpaired) electrons. The van der Waals surface area contributed by atoms with Gasteiger partial charge in [-0.3, -0.25) is 4.90 Å². The first-order chi connectivity index (χ1) is 7.48. The molecule has 1 atom stereocenters. The van der Waals surface area contributed by atoms with Gasteiger partial charge in [-0.05, 0) is 40.2 Å². The third kappa shape index (κ3) is 2.43. The van der Waals surface area contributed by atoms with E-state index < -0.39 is 5.67 Å². The lowest BCUT2D eigenvalue weighted by Gasteiger charge is -2.34. The molecule has 0 spiro atoms. The molecule has 90 valence electrons. The molecule has 0 amide bonds. The predicted octanol–water partition coefficient (Wildman–Crippen LogP) is 2.62. The zero-order chi connectivity index (χ0) is 11.8. The predicted molar refractivity (Wildman–Crippen MR) is 60.0 cm³/mol. The molecule has 0 bridgehead atoms. The Morgan fingerprint density at radius 3 is 2.81 bits per heavy atom. The maximum Gasteiger partial charge on any atom is 0.138 e. The van der Waals surface area contributed by atoms with Crippen LogP contribution in [-0.2, 0) is 6.54 Å². The third-order valence-corrected chi connectivity index (χ3v) is 3.29. The fourth-order valence-electron chi connectivity index (χ4n) is 2.38. The van der Waals surface area contributed by atoms with Gasteiger partial charge >= 0.3 is 0 Å². The lowest BCUT2D eigenvalue weighted by Crippen LogP contribution is -2.42. The molecule has 16 heavy (non-hydrogen) atoms. The highest BCUT2D eigenvalue weighted by molar-refractivity contribution is 5.20. The number of alkyl halides is 1. The molecule has 0 saturated carbocycles. The molecule has 1 aromatic rings. The van der Waals surface area contributed by atoms with E-state index in [2.05, 4.69) is 10.1 Å². The van der Waals surface area contributed by atoms with Gasteiger partial charge < -0.3 is 4.52 Å². The Balaban J connectivity index is 2.05. The van der Waals surface area contributed by atoms with Crippen molar-refractivity contribution in [3.8, 4) is 0 Å². The van der Waals surface area contributed by atoms with E-state index in [1.807, 2.05) is 13.8 Å². The van der Waals surface area contributed by atoms with Gasteiger partial charge in [0.25, 0.3) is 0 Å². The largest absolute Gasteiger partial charge is 0.361 e. The van der Waals surface area contributed by atoms with Crippen molar-refractivity contribution in [2.75, 3.05) is 13.1 Å². The molecule has 4 heteroatoms. The SMILES string of the molecule is Cc1noc(C)c1CN1CCC[C@@](C)(F)C1. The van der Waals surface area contributed by atoms with E-state index >= 15 is 0 Å². The van der Waals surface area contributed by atoms with E-state index in [1.165, 1.54) is 0 Å². The van der Waals surface area contributed by atoms with Gasteiger partial charge in [0.2, 0.25) is 0 Å². The lowest BCUT2D eigenvalue weighted by molar-refractivity contribution is 0.0560. The number of aryl methyl sites for hydroxylation is 2. The van der Waals surface area contributed by atoms with Crippen LogP contribution in [0.15, 0.2) is 4.52 Å². The minimum absolute atomic E-state index is 0.511. The molecule has 0 aliphatic carbocycles. The zero-order valence-electron chi connectivity index (χ0n) is 10.2. The maximum absolute atomic E-state index is 13.9. The summed E-state index contributed by atoms with van der Waals surface area (Å²) in [5, 5.41) is 3.92. The van der Waals surface area contributed by atoms with Gasteiger partial charge in [-0.1, -0.05) is 5.16 Å². The molecule has 0 aromatic carbocycles. The number of aromatic nitrogens is 1. The summed E-state index contributed by atoms with van der Waals surface area (Å²) in [6.45, 7) is 7.76. The van der Waals surface area contributed by atoms with Crippen LogP contribution in [0.3, 0.4) is 0 Å². The van der Waals surface area contributed by atoms with Gasteiger partial charge in [0.15, 0.2) is 0 Å². The van der Waals surface area contributed by atoms with Crippen LogP contribution in [0.2, 0.25) is 0 Å². The first-order valence-corrected chi connectivity index (χ1v) is 5.81. The highest BCUT2D eigenvalue weighted by Gasteiger charge is 2.31. The summed E-state index contributed by atoms with van der Waals surface area (Å²) >= 11 is 0. The highest BCUT2D eigenvalue weighted by atomic mass is 19.1. The fourth-order valence-corrected chi connectivity index (χ4v) is 2.38. The van der Waals surface area contributed by atoms with E-state index in [9.17, 15) is 4.39 Å². The van der Waals surface area contributed by atoms with E-state index in [1.54, 1.807) is 6.92 Å². The van der Waals surface area contributed by atoms with E-state index in [-0.39, 0.29) is 0 Å². The van der Waals surface area contributed by atoms with Crippen LogP contribution in [-0.4, -0.2) is 28.8 Å². The van der Waals surface area contributed by atoms with Gasteiger partial charge in [-0.2, -0.15) is 0 Å². The number of rotatable bonds is 2. The average molecular weight is 226 g/mol. The second kappa shape index (κ2) is 4.17. The summed E-state index contributed by atoms with van der Waals surface area (Å²) < 4.78 is 19.0. The van der Waals surface area contributed by atoms with E-state index in [0.29, 0.717) is 13.0 Å². The number of nitrogens with zero attached hydrogens (tertiary/aromatic N) is 2. The summed E-state index contributed by atoms with van der Waals surface area (Å²) in [6, 6.07) is 0. The number of halogens is 1. The van der Waals surface area contributed by atoms with Crippen LogP contribution in [0.4, 0.5) is 4.39 Å². The minimum Gasteiger partial charge on any atom is -0.361 e. The summed E-state index contributed by atoms with van der Waals surface area (Å²) in [6.07, 6.45) is 1.60. The lowest BCUT2D eigenvalue weighted by atomic mass is 9.96. The number of likely N-dealkylation sites (tertiary alicyclic amines) is 1. The van der Waals surface area contributed by atoms with Crippen LogP contribution in [0.5, 0.6) is 0 Å². The second-order valence-electron chi connectivity index (χ2n) is 5.03. The Morgan fingerprint density at radius 2 is 2.25 bits per heavy atom. The van der Waals surface area contributed by atoms with Crippen LogP contribution < -0.4 is 0 Å². The maximum atomic E-state index is 13.9. The van der Waals surface area contributed by atoms with Crippen molar-refractivity contribution in [2.45, 2.75) is 45.8 Å². The first-order valence-electron chi connectivity index (χ1n) is 5.81. The van der Waals surface area contributed by atoms with Gasteiger partial charge in [0.1, 0.15) is 11.4 Å². The Kier molecular flexibility index (Phi) is 3.02. The summed E-state index contributed by atoms with van der Waals surface area (Å²) in [7, 11) is 0. The minimum atomic E-state index is -1.04. The smallest absolute Gasteiger partial charge is 0.138 e. The normalized spacial score (nSPS) is 27.2. The average Bonchev–Trinajstić information content (AvgIpc) is 2.48. The van der Waals surface area contributed by atoms with Crippen LogP contribution in [0, 0.1) is 13.8 Å². The molecule has 0 N–H and O–H groups in total. The number of hydrogen-bond acceptors (Lipinski definition) is 3. The van der Waals surface area contributed by atoms with Crippen LogP contribution >= 0.6 is 0 Å². The molecule has 1 aromatic heterocycles. The summed E-state index contributed by atoms with van der Waals surface area (Å²) in [5.41, 5.74) is 0.985. The van der Waals surface area contributed by atoms with Crippen molar-refractivity contribution in [3.63, 3.8) is 0 Å². The molecule has 3 nitrogen and oxygen atoms in total. The Bertz CT molecular complexity index is 354. The van der Waals surface area contributed by atoms with Gasteiger partial charge in [-0.15, -0.1) is 0 Å². The Morgan fingerprint density at radius 1 is 1.50 bits per heavy atom. The molecular weight excluding hydrogens is 207 g/mol. The molecule has 1 aliphatic heterocycles. The molecular formula is C12H19FN2O. The molecule has 2 rings (SSSR count). The molecule has 1 fully saturated rings. The van der Waals surface area contributed by atoms with Crippen LogP contribution in [0.1, 0.15) is 36.8 Å². The number of piperidine rings is 1. The quantitative estimate of drug-likeness (QED) is 0.776. The van der Waals surface area contributed by atoms with Crippen molar-refractivity contribution in [1.29, 1.82) is 0 Å². The molecule has 1 aliphatic rings. The van der Waals surface area contributed by atoms with Gasteiger partial charge in [0, 0.05) is 18.7 Å². The molecule has 1 saturated heterocycles. The van der Waals surface area contributed by atoms with Gasteiger partial charge in [0.05, 0.1) is 5.69 Å². The summed E-state index contributed by atoms with van der Waals surface area (Å²) in [5.74, 6) is 0.851. The Hall–Kier alpha value is -0.900. The van der Waals surface area contributed by atoms with Crippen molar-refractivity contribution in [3.05, 3.63) is 17.0 Å². The van der Waals surface area contributed by atoms with Crippen molar-refractivity contribution < 1.29 is 8.91 Å². The number of hydrogen-bond donors (Lipinski definition) is 0. The third-order valence-electron chi connectivity index (χ3n) is 3.29. The molecule has 2 heterocycles. The van der Waals surface area contributed by atoms with Crippen molar-refractivity contribution in [2.24, 2.45) is 0 Å². The highest BCUT2D eigenvalue weighted by Crippen LogP contribution is 2.26. The van der Waals surface area contributed by atoms with E-state index in [4.69, 9.17) is 4.52 Å². The Labute approximate surface area is 95.6 Å². The fraction of sp³-hybridized carbons (Fsp3) is 0.750. The van der Waals surface area contributed by atoms with Crippen molar-refractivity contribution >= 4 is 0 Å². The topological polar surface area (TPSA) is 29.3 Å². The monoisotopic (exact) mass is 226 g/mol. The van der Waals surface area contributed by atoms with E-state index in [0.717, 1.165) is 36.5 Å². The standard InChI is InChI=1S/C12H19FN2O/c1-9-11(10(2)16-14-9)7-15-6-4-5-12(3,13)8-15/h4-8H2,1-3H3/t12-/m1/s1. The van der Waals surface area contributed by atoms with Crippen LogP contribution in [0.25, 0.3) is 0 Å². The van der Waals surface area contributed by atoms with Crippen molar-refractivity contribution in [1.82, 2.24) is 10.1 Å². The zero-order valence-corrected chi connectivity index (χ0v) is 10.2. The summed E-state index contributed by atoms with van der Waals surface area (Å²) in [4.78, 5) is 2.15.